The van der Waals surface area contributed by atoms with Crippen molar-refractivity contribution in [2.45, 2.75) is 31.5 Å². The topological polar surface area (TPSA) is 63.5 Å². The molecule has 3 aromatic rings. The van der Waals surface area contributed by atoms with Crippen molar-refractivity contribution in [3.8, 4) is 0 Å². The van der Waals surface area contributed by atoms with E-state index in [0.29, 0.717) is 12.6 Å². The van der Waals surface area contributed by atoms with Crippen LogP contribution in [0.2, 0.25) is 0 Å². The second kappa shape index (κ2) is 8.24. The maximum Gasteiger partial charge on any atom is 0.123 e. The van der Waals surface area contributed by atoms with E-state index in [-0.39, 0.29) is 11.4 Å². The molecule has 2 unspecified atom stereocenters. The molecule has 2 atom stereocenters. The molecular weight excluding hydrogens is 393 g/mol. The van der Waals surface area contributed by atoms with Crippen molar-refractivity contribution in [3.05, 3.63) is 71.8 Å². The summed E-state index contributed by atoms with van der Waals surface area (Å²) in [4.78, 5) is 4.74. The summed E-state index contributed by atoms with van der Waals surface area (Å²) in [6, 6.07) is 13.1. The lowest BCUT2D eigenvalue weighted by molar-refractivity contribution is 0.0694. The van der Waals surface area contributed by atoms with E-state index in [1.807, 2.05) is 41.4 Å². The molecule has 2 aliphatic rings. The Balaban J connectivity index is 1.31. The number of aromatic nitrogens is 2. The largest absolute Gasteiger partial charge is 0.379 e. The van der Waals surface area contributed by atoms with Gasteiger partial charge in [0.1, 0.15) is 5.82 Å². The van der Waals surface area contributed by atoms with Gasteiger partial charge in [0.25, 0.3) is 0 Å². The number of hydrogen-bond donors (Lipinski definition) is 2. The summed E-state index contributed by atoms with van der Waals surface area (Å²) in [6.07, 6.45) is 6.64. The Kier molecular flexibility index (Phi) is 5.29. The number of hydrogen-bond acceptors (Lipinski definition) is 5. The zero-order valence-corrected chi connectivity index (χ0v) is 17.5. The smallest absolute Gasteiger partial charge is 0.123 e. The number of aliphatic imine (C=N–C) groups is 1. The van der Waals surface area contributed by atoms with Gasteiger partial charge in [0, 0.05) is 35.6 Å². The van der Waals surface area contributed by atoms with Crippen LogP contribution in [0.25, 0.3) is 10.9 Å². The summed E-state index contributed by atoms with van der Waals surface area (Å²) in [7, 11) is 0. The fourth-order valence-corrected chi connectivity index (χ4v) is 4.35. The SMILES string of the molecule is CC1(CC2COCCN2)N=CC=C1Nc1ccc2c(cnn2Cc2cccc(F)c2)c1. The number of morpholine rings is 1. The summed E-state index contributed by atoms with van der Waals surface area (Å²) >= 11 is 0. The third kappa shape index (κ3) is 4.24. The molecule has 5 rings (SSSR count). The van der Waals surface area contributed by atoms with Crippen LogP contribution in [-0.2, 0) is 11.3 Å². The van der Waals surface area contributed by atoms with E-state index in [1.165, 1.54) is 6.07 Å². The molecule has 1 aromatic heterocycles. The molecule has 160 valence electrons. The Bertz CT molecular complexity index is 1150. The molecule has 0 saturated carbocycles. The fourth-order valence-electron chi connectivity index (χ4n) is 4.35. The third-order valence-electron chi connectivity index (χ3n) is 5.97. The number of anilines is 1. The molecule has 0 amide bonds. The minimum atomic E-state index is -0.311. The first-order valence-corrected chi connectivity index (χ1v) is 10.6. The van der Waals surface area contributed by atoms with Crippen LogP contribution >= 0.6 is 0 Å². The number of ether oxygens (including phenoxy) is 1. The highest BCUT2D eigenvalue weighted by molar-refractivity contribution is 5.84. The lowest BCUT2D eigenvalue weighted by Gasteiger charge is -2.33. The van der Waals surface area contributed by atoms with E-state index in [2.05, 4.69) is 28.7 Å². The van der Waals surface area contributed by atoms with Crippen molar-refractivity contribution in [1.29, 1.82) is 0 Å². The fraction of sp³-hybridized carbons (Fsp3) is 0.333. The highest BCUT2D eigenvalue weighted by Crippen LogP contribution is 2.32. The van der Waals surface area contributed by atoms with Crippen molar-refractivity contribution in [2.75, 3.05) is 25.1 Å². The van der Waals surface area contributed by atoms with Crippen LogP contribution in [0.15, 0.2) is 65.4 Å². The Hall–Kier alpha value is -3.03. The lowest BCUT2D eigenvalue weighted by atomic mass is 9.90. The van der Waals surface area contributed by atoms with E-state index in [4.69, 9.17) is 9.73 Å². The molecule has 0 radical (unpaired) electrons. The molecule has 0 bridgehead atoms. The van der Waals surface area contributed by atoms with E-state index < -0.39 is 0 Å². The average Bonchev–Trinajstić information content (AvgIpc) is 3.32. The van der Waals surface area contributed by atoms with Gasteiger partial charge in [-0.1, -0.05) is 12.1 Å². The normalized spacial score (nSPS) is 23.3. The average molecular weight is 420 g/mol. The molecule has 7 heteroatoms. The van der Waals surface area contributed by atoms with Crippen LogP contribution in [0.5, 0.6) is 0 Å². The van der Waals surface area contributed by atoms with Gasteiger partial charge in [-0.15, -0.1) is 0 Å². The molecule has 2 N–H and O–H groups in total. The van der Waals surface area contributed by atoms with Crippen LogP contribution in [-0.4, -0.2) is 47.3 Å². The van der Waals surface area contributed by atoms with Crippen LogP contribution < -0.4 is 10.6 Å². The number of rotatable bonds is 6. The summed E-state index contributed by atoms with van der Waals surface area (Å²) in [6.45, 7) is 5.05. The van der Waals surface area contributed by atoms with Crippen molar-refractivity contribution in [3.63, 3.8) is 0 Å². The molecule has 3 heterocycles. The molecule has 31 heavy (non-hydrogen) atoms. The number of halogens is 1. The summed E-state index contributed by atoms with van der Waals surface area (Å²) in [5.74, 6) is -0.231. The molecule has 2 aromatic carbocycles. The van der Waals surface area contributed by atoms with Gasteiger partial charge in [-0.05, 0) is 55.3 Å². The van der Waals surface area contributed by atoms with Gasteiger partial charge in [0.15, 0.2) is 0 Å². The maximum absolute atomic E-state index is 13.5. The van der Waals surface area contributed by atoms with Crippen molar-refractivity contribution in [2.24, 2.45) is 4.99 Å². The monoisotopic (exact) mass is 419 g/mol. The molecule has 1 saturated heterocycles. The molecule has 0 spiro atoms. The number of benzene rings is 2. The van der Waals surface area contributed by atoms with Gasteiger partial charge in [-0.2, -0.15) is 5.10 Å². The van der Waals surface area contributed by atoms with Crippen LogP contribution in [0.1, 0.15) is 18.9 Å². The van der Waals surface area contributed by atoms with Gasteiger partial charge in [0.2, 0.25) is 0 Å². The molecule has 1 fully saturated rings. The van der Waals surface area contributed by atoms with Crippen LogP contribution in [0, 0.1) is 5.82 Å². The Morgan fingerprint density at radius 2 is 2.23 bits per heavy atom. The van der Waals surface area contributed by atoms with Gasteiger partial charge < -0.3 is 15.4 Å². The summed E-state index contributed by atoms with van der Waals surface area (Å²) in [5.41, 5.74) is 3.66. The highest BCUT2D eigenvalue weighted by atomic mass is 19.1. The van der Waals surface area contributed by atoms with E-state index in [9.17, 15) is 4.39 Å². The zero-order valence-electron chi connectivity index (χ0n) is 17.5. The standard InChI is InChI=1S/C24H26FN5O/c1-24(13-21-16-31-10-9-26-21)23(7-8-27-24)29-20-5-6-22-18(12-20)14-28-30(22)15-17-3-2-4-19(25)11-17/h2-8,11-12,14,21,26,29H,9-10,13,15-16H2,1H3. The Morgan fingerprint density at radius 1 is 1.29 bits per heavy atom. The first-order valence-electron chi connectivity index (χ1n) is 10.6. The molecule has 2 aliphatic heterocycles. The van der Waals surface area contributed by atoms with Crippen LogP contribution in [0.4, 0.5) is 10.1 Å². The minimum Gasteiger partial charge on any atom is -0.379 e. The summed E-state index contributed by atoms with van der Waals surface area (Å²) in [5, 5.41) is 12.6. The van der Waals surface area contributed by atoms with E-state index >= 15 is 0 Å². The second-order valence-corrected chi connectivity index (χ2v) is 8.39. The molecular formula is C24H26FN5O. The molecule has 0 aliphatic carbocycles. The predicted molar refractivity (Wildman–Crippen MR) is 121 cm³/mol. The number of nitrogens with one attached hydrogen (secondary N) is 2. The first-order chi connectivity index (χ1) is 15.1. The number of allylic oxidation sites excluding steroid dienone is 1. The van der Waals surface area contributed by atoms with Gasteiger partial charge in [-0.3, -0.25) is 9.67 Å². The van der Waals surface area contributed by atoms with Crippen molar-refractivity contribution in [1.82, 2.24) is 15.1 Å². The van der Waals surface area contributed by atoms with Crippen molar-refractivity contribution >= 4 is 22.8 Å². The quantitative estimate of drug-likeness (QED) is 0.639. The number of nitrogens with zero attached hydrogens (tertiary/aromatic N) is 3. The summed E-state index contributed by atoms with van der Waals surface area (Å²) < 4.78 is 21.0. The second-order valence-electron chi connectivity index (χ2n) is 8.39. The highest BCUT2D eigenvalue weighted by Gasteiger charge is 2.34. The van der Waals surface area contributed by atoms with E-state index in [1.54, 1.807) is 12.1 Å². The predicted octanol–water partition coefficient (Wildman–Crippen LogP) is 3.74. The Labute approximate surface area is 180 Å². The minimum absolute atomic E-state index is 0.231. The zero-order chi connectivity index (χ0) is 21.3. The van der Waals surface area contributed by atoms with E-state index in [0.717, 1.165) is 54.0 Å². The van der Waals surface area contributed by atoms with Crippen molar-refractivity contribution < 1.29 is 9.13 Å². The van der Waals surface area contributed by atoms with Gasteiger partial charge >= 0.3 is 0 Å². The Morgan fingerprint density at radius 3 is 3.06 bits per heavy atom. The third-order valence-corrected chi connectivity index (χ3v) is 5.97. The van der Waals surface area contributed by atoms with Gasteiger partial charge in [0.05, 0.1) is 37.0 Å². The lowest BCUT2D eigenvalue weighted by Crippen LogP contribution is -2.46. The molecule has 6 nitrogen and oxygen atoms in total. The first kappa shape index (κ1) is 19.9. The number of fused-ring (bicyclic) bond motifs is 1. The maximum atomic E-state index is 13.5. The van der Waals surface area contributed by atoms with Crippen LogP contribution in [0.3, 0.4) is 0 Å². The van der Waals surface area contributed by atoms with Gasteiger partial charge in [-0.25, -0.2) is 4.39 Å².